The summed E-state index contributed by atoms with van der Waals surface area (Å²) < 4.78 is 25.2. The summed E-state index contributed by atoms with van der Waals surface area (Å²) in [4.78, 5) is 10.7. The Morgan fingerprint density at radius 3 is 2.54 bits per heavy atom. The van der Waals surface area contributed by atoms with Crippen molar-refractivity contribution in [2.45, 2.75) is 0 Å². The maximum Gasteiger partial charge on any atom is 0.268 e. The van der Waals surface area contributed by atoms with E-state index in [-0.39, 0.29) is 12.4 Å². The van der Waals surface area contributed by atoms with E-state index >= 15 is 0 Å². The molecule has 0 bridgehead atoms. The number of amides is 1. The van der Waals surface area contributed by atoms with Gasteiger partial charge in [0.2, 0.25) is 0 Å². The number of nitrogens with one attached hydrogen (secondary N) is 1. The Hall–Kier alpha value is -1.20. The fourth-order valence-corrected chi connectivity index (χ4v) is 0.757. The number of hydrogen-bond donors (Lipinski definition) is 2. The summed E-state index contributed by atoms with van der Waals surface area (Å²) in [6.07, 6.45) is 0. The molecule has 1 aromatic carbocycles. The summed E-state index contributed by atoms with van der Waals surface area (Å²) >= 11 is 0. The van der Waals surface area contributed by atoms with Crippen molar-refractivity contribution in [3.8, 4) is 0 Å². The van der Waals surface area contributed by atoms with Crippen molar-refractivity contribution < 1.29 is 13.6 Å². The number of halogens is 3. The molecule has 0 aliphatic heterocycles. The highest BCUT2D eigenvalue weighted by Gasteiger charge is 2.12. The van der Waals surface area contributed by atoms with E-state index in [4.69, 9.17) is 5.84 Å². The van der Waals surface area contributed by atoms with Gasteiger partial charge in [-0.2, -0.15) is 0 Å². The van der Waals surface area contributed by atoms with Crippen LogP contribution in [-0.2, 0) is 0 Å². The van der Waals surface area contributed by atoms with Crippen LogP contribution in [0, 0.1) is 11.6 Å². The first-order valence-electron chi connectivity index (χ1n) is 3.11. The van der Waals surface area contributed by atoms with Crippen molar-refractivity contribution in [2.24, 2.45) is 5.84 Å². The number of hydrogen-bond acceptors (Lipinski definition) is 2. The molecule has 0 aliphatic rings. The van der Waals surface area contributed by atoms with Crippen LogP contribution in [0.2, 0.25) is 0 Å². The van der Waals surface area contributed by atoms with Gasteiger partial charge in [0.25, 0.3) is 5.91 Å². The molecule has 72 valence electrons. The summed E-state index contributed by atoms with van der Waals surface area (Å²) in [6.45, 7) is 0. The van der Waals surface area contributed by atoms with Gasteiger partial charge >= 0.3 is 0 Å². The van der Waals surface area contributed by atoms with Gasteiger partial charge in [-0.1, -0.05) is 6.07 Å². The Labute approximate surface area is 79.3 Å². The molecule has 0 saturated heterocycles. The summed E-state index contributed by atoms with van der Waals surface area (Å²) in [5.74, 6) is 1.61. The monoisotopic (exact) mass is 208 g/mol. The maximum atomic E-state index is 12.7. The molecule has 0 spiro atoms. The lowest BCUT2D eigenvalue weighted by Gasteiger charge is -2.00. The molecule has 0 fully saturated rings. The first kappa shape index (κ1) is 11.8. The van der Waals surface area contributed by atoms with E-state index in [0.29, 0.717) is 0 Å². The van der Waals surface area contributed by atoms with Gasteiger partial charge in [-0.05, 0) is 12.1 Å². The summed E-state index contributed by atoms with van der Waals surface area (Å²) in [5, 5.41) is 0. The van der Waals surface area contributed by atoms with Crippen LogP contribution in [0.1, 0.15) is 10.4 Å². The molecule has 1 amide bonds. The molecule has 3 N–H and O–H groups in total. The van der Waals surface area contributed by atoms with Crippen LogP contribution >= 0.6 is 12.4 Å². The molecule has 13 heavy (non-hydrogen) atoms. The molecule has 0 radical (unpaired) electrons. The predicted molar refractivity (Wildman–Crippen MR) is 45.3 cm³/mol. The summed E-state index contributed by atoms with van der Waals surface area (Å²) in [7, 11) is 0. The second-order valence-electron chi connectivity index (χ2n) is 2.07. The highest BCUT2D eigenvalue weighted by atomic mass is 35.5. The first-order valence-corrected chi connectivity index (χ1v) is 3.11. The molecular formula is C7H7ClF2N2O. The van der Waals surface area contributed by atoms with Crippen molar-refractivity contribution in [1.29, 1.82) is 0 Å². The number of nitrogen functional groups attached to an aromatic ring is 1. The fraction of sp³-hybridized carbons (Fsp3) is 0. The van der Waals surface area contributed by atoms with E-state index in [1.165, 1.54) is 6.07 Å². The second kappa shape index (κ2) is 4.74. The minimum Gasteiger partial charge on any atom is -0.290 e. The molecule has 1 rings (SSSR count). The Morgan fingerprint density at radius 1 is 1.38 bits per heavy atom. The molecule has 0 heterocycles. The standard InChI is InChI=1S/C7H6F2N2O.ClH/c8-5-3-1-2-4(6(5)9)7(12)11-10;/h1-3H,10H2,(H,11,12);1H. The van der Waals surface area contributed by atoms with Crippen molar-refractivity contribution in [3.05, 3.63) is 35.4 Å². The van der Waals surface area contributed by atoms with Crippen LogP contribution in [-0.4, -0.2) is 5.91 Å². The van der Waals surface area contributed by atoms with Crippen LogP contribution in [0.15, 0.2) is 18.2 Å². The minimum absolute atomic E-state index is 0. The number of rotatable bonds is 1. The van der Waals surface area contributed by atoms with Crippen LogP contribution in [0.3, 0.4) is 0 Å². The van der Waals surface area contributed by atoms with Crippen LogP contribution in [0.25, 0.3) is 0 Å². The highest BCUT2D eigenvalue weighted by molar-refractivity contribution is 5.93. The molecule has 0 atom stereocenters. The molecule has 0 aliphatic carbocycles. The van der Waals surface area contributed by atoms with Crippen molar-refractivity contribution in [3.63, 3.8) is 0 Å². The van der Waals surface area contributed by atoms with Crippen LogP contribution in [0.5, 0.6) is 0 Å². The Morgan fingerprint density at radius 2 is 2.00 bits per heavy atom. The van der Waals surface area contributed by atoms with Crippen molar-refractivity contribution in [1.82, 2.24) is 5.43 Å². The number of carbonyl (C=O) groups is 1. The minimum atomic E-state index is -1.19. The normalized spacial score (nSPS) is 8.85. The molecule has 6 heteroatoms. The van der Waals surface area contributed by atoms with E-state index in [2.05, 4.69) is 0 Å². The molecular weight excluding hydrogens is 202 g/mol. The Kier molecular flexibility index (Phi) is 4.30. The average Bonchev–Trinajstić information content (AvgIpc) is 2.08. The van der Waals surface area contributed by atoms with E-state index in [0.717, 1.165) is 12.1 Å². The molecule has 0 unspecified atom stereocenters. The lowest BCUT2D eigenvalue weighted by atomic mass is 10.2. The number of nitrogens with two attached hydrogens (primary N) is 1. The number of benzene rings is 1. The quantitative estimate of drug-likeness (QED) is 0.411. The average molecular weight is 209 g/mol. The zero-order valence-corrected chi connectivity index (χ0v) is 7.20. The lowest BCUT2D eigenvalue weighted by Crippen LogP contribution is -2.30. The van der Waals surface area contributed by atoms with Crippen LogP contribution < -0.4 is 11.3 Å². The smallest absolute Gasteiger partial charge is 0.268 e. The largest absolute Gasteiger partial charge is 0.290 e. The second-order valence-corrected chi connectivity index (χ2v) is 2.07. The van der Waals surface area contributed by atoms with E-state index in [9.17, 15) is 13.6 Å². The third kappa shape index (κ3) is 2.37. The van der Waals surface area contributed by atoms with Gasteiger partial charge in [0.15, 0.2) is 11.6 Å². The Bertz CT molecular complexity index is 319. The zero-order valence-electron chi connectivity index (χ0n) is 6.38. The lowest BCUT2D eigenvalue weighted by molar-refractivity contribution is 0.0948. The van der Waals surface area contributed by atoms with Crippen molar-refractivity contribution in [2.75, 3.05) is 0 Å². The number of hydrazine groups is 1. The van der Waals surface area contributed by atoms with Gasteiger partial charge in [-0.25, -0.2) is 14.6 Å². The zero-order chi connectivity index (χ0) is 9.14. The van der Waals surface area contributed by atoms with E-state index < -0.39 is 23.1 Å². The van der Waals surface area contributed by atoms with Crippen molar-refractivity contribution >= 4 is 18.3 Å². The molecule has 1 aromatic rings. The molecule has 0 saturated carbocycles. The molecule has 3 nitrogen and oxygen atoms in total. The Balaban J connectivity index is 0.00000144. The van der Waals surface area contributed by atoms with E-state index in [1.807, 2.05) is 0 Å². The SMILES string of the molecule is Cl.NNC(=O)c1cccc(F)c1F. The summed E-state index contributed by atoms with van der Waals surface area (Å²) in [6, 6.07) is 3.28. The fourth-order valence-electron chi connectivity index (χ4n) is 0.757. The molecule has 0 aromatic heterocycles. The predicted octanol–water partition coefficient (Wildman–Crippen LogP) is 0.990. The van der Waals surface area contributed by atoms with Gasteiger partial charge in [-0.15, -0.1) is 12.4 Å². The van der Waals surface area contributed by atoms with Gasteiger partial charge in [0.1, 0.15) is 0 Å². The van der Waals surface area contributed by atoms with Gasteiger partial charge in [-0.3, -0.25) is 10.2 Å². The topological polar surface area (TPSA) is 55.1 Å². The summed E-state index contributed by atoms with van der Waals surface area (Å²) in [5.41, 5.74) is 1.30. The highest BCUT2D eigenvalue weighted by Crippen LogP contribution is 2.10. The maximum absolute atomic E-state index is 12.7. The first-order chi connectivity index (χ1) is 5.66. The van der Waals surface area contributed by atoms with E-state index in [1.54, 1.807) is 5.43 Å². The third-order valence-electron chi connectivity index (χ3n) is 1.33. The van der Waals surface area contributed by atoms with Crippen LogP contribution in [0.4, 0.5) is 8.78 Å². The van der Waals surface area contributed by atoms with Gasteiger partial charge in [0, 0.05) is 0 Å². The van der Waals surface area contributed by atoms with Gasteiger partial charge < -0.3 is 0 Å². The van der Waals surface area contributed by atoms with Gasteiger partial charge in [0.05, 0.1) is 5.56 Å². The third-order valence-corrected chi connectivity index (χ3v) is 1.33. The number of carbonyl (C=O) groups excluding carboxylic acids is 1.